The first kappa shape index (κ1) is 16.6. The lowest BCUT2D eigenvalue weighted by Crippen LogP contribution is -2.59. The molecule has 1 aromatic heterocycles. The summed E-state index contributed by atoms with van der Waals surface area (Å²) in [6, 6.07) is 0. The van der Waals surface area contributed by atoms with Crippen molar-refractivity contribution in [2.24, 2.45) is 5.92 Å². The number of carbonyl (C=O) groups is 2. The molecule has 0 radical (unpaired) electrons. The summed E-state index contributed by atoms with van der Waals surface area (Å²) in [5.41, 5.74) is 1.80. The topological polar surface area (TPSA) is 78.5 Å². The summed E-state index contributed by atoms with van der Waals surface area (Å²) >= 11 is 0. The lowest BCUT2D eigenvalue weighted by molar-refractivity contribution is -0.145. The van der Waals surface area contributed by atoms with Crippen LogP contribution in [0.4, 0.5) is 0 Å². The van der Waals surface area contributed by atoms with Crippen molar-refractivity contribution >= 4 is 11.8 Å². The van der Waals surface area contributed by atoms with Crippen LogP contribution < -0.4 is 0 Å². The van der Waals surface area contributed by atoms with E-state index in [1.165, 1.54) is 0 Å². The maximum absolute atomic E-state index is 12.7. The lowest BCUT2D eigenvalue weighted by Gasteiger charge is -2.50. The molecule has 7 heteroatoms. The van der Waals surface area contributed by atoms with E-state index in [-0.39, 0.29) is 23.3 Å². The molecule has 3 aliphatic rings. The van der Waals surface area contributed by atoms with Crippen molar-refractivity contribution in [2.75, 3.05) is 32.8 Å². The minimum absolute atomic E-state index is 0.00901. The van der Waals surface area contributed by atoms with Gasteiger partial charge >= 0.3 is 0 Å². The van der Waals surface area contributed by atoms with Gasteiger partial charge in [0.25, 0.3) is 0 Å². The number of aromatic amines is 1. The number of nitrogens with zero attached hydrogens (tertiary/aromatic N) is 3. The molecule has 136 valence electrons. The fourth-order valence-electron chi connectivity index (χ4n) is 4.62. The van der Waals surface area contributed by atoms with Gasteiger partial charge in [-0.15, -0.1) is 0 Å². The lowest BCUT2D eigenvalue weighted by atomic mass is 9.78. The highest BCUT2D eigenvalue weighted by Gasteiger charge is 2.49. The number of amides is 2. The number of nitrogens with one attached hydrogen (secondary N) is 1. The Labute approximate surface area is 147 Å². The summed E-state index contributed by atoms with van der Waals surface area (Å²) in [7, 11) is 0. The highest BCUT2D eigenvalue weighted by molar-refractivity contribution is 5.80. The monoisotopic (exact) mass is 346 g/mol. The number of hydrogen-bond acceptors (Lipinski definition) is 4. The molecule has 2 fully saturated rings. The van der Waals surface area contributed by atoms with E-state index in [4.69, 9.17) is 4.74 Å². The van der Waals surface area contributed by atoms with E-state index in [1.54, 1.807) is 6.33 Å². The third kappa shape index (κ3) is 2.65. The van der Waals surface area contributed by atoms with Gasteiger partial charge in [0.1, 0.15) is 0 Å². The van der Waals surface area contributed by atoms with Gasteiger partial charge in [0, 0.05) is 44.8 Å². The molecule has 25 heavy (non-hydrogen) atoms. The second-order valence-corrected chi connectivity index (χ2v) is 7.30. The van der Waals surface area contributed by atoms with Crippen LogP contribution in [0.1, 0.15) is 44.0 Å². The molecule has 0 bridgehead atoms. The summed E-state index contributed by atoms with van der Waals surface area (Å²) in [5.74, 6) is 0.395. The standard InChI is InChI=1S/C18H26N4O3/c1-2-15(23)22-7-3-14-16(20-12-19-14)18(22)5-8-21(9-6-18)17(24)13-4-10-25-11-13/h12-13H,2-11H2,1H3,(H,19,20)/t13-/m1/s1. The summed E-state index contributed by atoms with van der Waals surface area (Å²) in [4.78, 5) is 37.1. The van der Waals surface area contributed by atoms with E-state index in [9.17, 15) is 9.59 Å². The van der Waals surface area contributed by atoms with Crippen molar-refractivity contribution in [3.63, 3.8) is 0 Å². The van der Waals surface area contributed by atoms with Crippen LogP contribution in [0.5, 0.6) is 0 Å². The smallest absolute Gasteiger partial charge is 0.228 e. The van der Waals surface area contributed by atoms with E-state index in [1.807, 2.05) is 16.7 Å². The van der Waals surface area contributed by atoms with Crippen LogP contribution in [0.25, 0.3) is 0 Å². The Hall–Kier alpha value is -1.89. The Balaban J connectivity index is 1.56. The molecular formula is C18H26N4O3. The second kappa shape index (κ2) is 6.44. The summed E-state index contributed by atoms with van der Waals surface area (Å²) in [6.45, 7) is 5.22. The first-order valence-corrected chi connectivity index (χ1v) is 9.35. The van der Waals surface area contributed by atoms with Crippen LogP contribution >= 0.6 is 0 Å². The van der Waals surface area contributed by atoms with Crippen LogP contribution in [0.3, 0.4) is 0 Å². The molecule has 3 aliphatic heterocycles. The molecule has 0 aliphatic carbocycles. The molecule has 4 rings (SSSR count). The van der Waals surface area contributed by atoms with Crippen molar-refractivity contribution in [3.05, 3.63) is 17.7 Å². The Bertz CT molecular complexity index is 657. The highest BCUT2D eigenvalue weighted by atomic mass is 16.5. The predicted octanol–water partition coefficient (Wildman–Crippen LogP) is 1.06. The third-order valence-electron chi connectivity index (χ3n) is 6.05. The first-order valence-electron chi connectivity index (χ1n) is 9.35. The van der Waals surface area contributed by atoms with E-state index >= 15 is 0 Å². The summed E-state index contributed by atoms with van der Waals surface area (Å²) < 4.78 is 5.36. The van der Waals surface area contributed by atoms with Gasteiger partial charge in [-0.3, -0.25) is 9.59 Å². The van der Waals surface area contributed by atoms with Crippen LogP contribution in [0.15, 0.2) is 6.33 Å². The van der Waals surface area contributed by atoms with Crippen LogP contribution in [-0.2, 0) is 26.3 Å². The van der Waals surface area contributed by atoms with Gasteiger partial charge in [-0.05, 0) is 19.3 Å². The molecule has 1 aromatic rings. The van der Waals surface area contributed by atoms with Crippen LogP contribution in [0.2, 0.25) is 0 Å². The molecule has 4 heterocycles. The molecular weight excluding hydrogens is 320 g/mol. The molecule has 2 saturated heterocycles. The fourth-order valence-corrected chi connectivity index (χ4v) is 4.62. The fraction of sp³-hybridized carbons (Fsp3) is 0.722. The molecule has 0 unspecified atom stereocenters. The minimum Gasteiger partial charge on any atom is -0.381 e. The van der Waals surface area contributed by atoms with Crippen molar-refractivity contribution in [2.45, 2.75) is 44.6 Å². The van der Waals surface area contributed by atoms with Crippen molar-refractivity contribution in [1.29, 1.82) is 0 Å². The number of likely N-dealkylation sites (tertiary alicyclic amines) is 1. The number of carbonyl (C=O) groups excluding carboxylic acids is 2. The Morgan fingerprint density at radius 2 is 2.16 bits per heavy atom. The quantitative estimate of drug-likeness (QED) is 0.868. The zero-order chi connectivity index (χ0) is 17.4. The highest BCUT2D eigenvalue weighted by Crippen LogP contribution is 2.42. The van der Waals surface area contributed by atoms with Gasteiger partial charge in [-0.25, -0.2) is 4.98 Å². The number of rotatable bonds is 2. The third-order valence-corrected chi connectivity index (χ3v) is 6.05. The number of H-pyrrole nitrogens is 1. The van der Waals surface area contributed by atoms with E-state index in [2.05, 4.69) is 9.97 Å². The molecule has 1 atom stereocenters. The molecule has 1 spiro atoms. The zero-order valence-corrected chi connectivity index (χ0v) is 14.8. The SMILES string of the molecule is CCC(=O)N1CCc2[nH]cnc2C12CCN(C(=O)[C@@H]1CCOC1)CC2. The summed E-state index contributed by atoms with van der Waals surface area (Å²) in [6.07, 6.45) is 5.41. The number of fused-ring (bicyclic) bond motifs is 2. The van der Waals surface area contributed by atoms with Gasteiger partial charge in [0.05, 0.1) is 30.1 Å². The maximum Gasteiger partial charge on any atom is 0.228 e. The Morgan fingerprint density at radius 3 is 2.84 bits per heavy atom. The number of hydrogen-bond donors (Lipinski definition) is 1. The van der Waals surface area contributed by atoms with Gasteiger partial charge in [0.15, 0.2) is 0 Å². The van der Waals surface area contributed by atoms with Crippen LogP contribution in [-0.4, -0.2) is 64.4 Å². The molecule has 1 N–H and O–H groups in total. The van der Waals surface area contributed by atoms with E-state index in [0.29, 0.717) is 32.7 Å². The minimum atomic E-state index is -0.358. The molecule has 7 nitrogen and oxygen atoms in total. The predicted molar refractivity (Wildman–Crippen MR) is 90.7 cm³/mol. The van der Waals surface area contributed by atoms with Gasteiger partial charge in [-0.2, -0.15) is 0 Å². The van der Waals surface area contributed by atoms with Crippen molar-refractivity contribution in [3.8, 4) is 0 Å². The van der Waals surface area contributed by atoms with Crippen LogP contribution in [0, 0.1) is 5.92 Å². The average molecular weight is 346 g/mol. The van der Waals surface area contributed by atoms with Gasteiger partial charge < -0.3 is 19.5 Å². The van der Waals surface area contributed by atoms with Crippen molar-refractivity contribution < 1.29 is 14.3 Å². The normalized spacial score (nSPS) is 25.2. The Morgan fingerprint density at radius 1 is 1.36 bits per heavy atom. The molecule has 2 amide bonds. The summed E-state index contributed by atoms with van der Waals surface area (Å²) in [5, 5.41) is 0. The van der Waals surface area contributed by atoms with E-state index in [0.717, 1.165) is 43.6 Å². The van der Waals surface area contributed by atoms with E-state index < -0.39 is 0 Å². The second-order valence-electron chi connectivity index (χ2n) is 7.30. The number of ether oxygens (including phenoxy) is 1. The molecule has 0 aromatic carbocycles. The van der Waals surface area contributed by atoms with Crippen molar-refractivity contribution in [1.82, 2.24) is 19.8 Å². The maximum atomic E-state index is 12.7. The first-order chi connectivity index (χ1) is 12.2. The number of piperidine rings is 1. The average Bonchev–Trinajstić information content (AvgIpc) is 3.33. The van der Waals surface area contributed by atoms with Gasteiger partial charge in [-0.1, -0.05) is 6.92 Å². The van der Waals surface area contributed by atoms with Gasteiger partial charge in [0.2, 0.25) is 11.8 Å². The Kier molecular flexibility index (Phi) is 4.27. The zero-order valence-electron chi connectivity index (χ0n) is 14.8. The number of aromatic nitrogens is 2. The number of imidazole rings is 1. The largest absolute Gasteiger partial charge is 0.381 e. The molecule has 0 saturated carbocycles.